The molecule has 1 heterocycles. The van der Waals surface area contributed by atoms with E-state index in [1.54, 1.807) is 29.7 Å². The molecule has 1 unspecified atom stereocenters. The summed E-state index contributed by atoms with van der Waals surface area (Å²) < 4.78 is 36.6. The second-order valence-corrected chi connectivity index (χ2v) is 6.66. The highest BCUT2D eigenvalue weighted by Gasteiger charge is 2.28. The molecule has 0 aliphatic heterocycles. The monoisotopic (exact) mass is 332 g/mol. The van der Waals surface area contributed by atoms with Crippen molar-refractivity contribution < 1.29 is 13.2 Å². The number of alkyl halides is 3. The molecule has 2 aromatic rings. The number of aromatic nitrogens is 1. The second-order valence-electron chi connectivity index (χ2n) is 4.59. The minimum Gasteiger partial charge on any atom is -0.312 e. The maximum Gasteiger partial charge on any atom is 0.446 e. The molecule has 114 valence electrons. The molecule has 2 nitrogen and oxygen atoms in total. The molecular formula is C14H15F3N2S2. The smallest absolute Gasteiger partial charge is 0.312 e. The van der Waals surface area contributed by atoms with Gasteiger partial charge in [-0.05, 0) is 29.5 Å². The van der Waals surface area contributed by atoms with Crippen LogP contribution in [0.2, 0.25) is 0 Å². The number of hydrogen-bond acceptors (Lipinski definition) is 4. The fraction of sp³-hybridized carbons (Fsp3) is 0.357. The molecule has 0 saturated heterocycles. The summed E-state index contributed by atoms with van der Waals surface area (Å²) in [5.41, 5.74) is -3.27. The SMILES string of the molecule is CC(CNCc1ccc(SC(F)(F)F)cc1)c1nccs1. The lowest BCUT2D eigenvalue weighted by Crippen LogP contribution is -2.19. The van der Waals surface area contributed by atoms with Gasteiger partial charge in [-0.15, -0.1) is 11.3 Å². The third kappa shape index (κ3) is 5.68. The average molecular weight is 332 g/mol. The van der Waals surface area contributed by atoms with Crippen molar-refractivity contribution in [2.24, 2.45) is 0 Å². The molecule has 0 amide bonds. The van der Waals surface area contributed by atoms with Crippen LogP contribution in [0, 0.1) is 0 Å². The molecule has 1 atom stereocenters. The normalized spacial score (nSPS) is 13.3. The first-order valence-corrected chi connectivity index (χ1v) is 8.08. The van der Waals surface area contributed by atoms with E-state index in [1.807, 2.05) is 5.38 Å². The Morgan fingerprint density at radius 3 is 2.57 bits per heavy atom. The molecule has 0 aliphatic carbocycles. The maximum atomic E-state index is 12.2. The first kappa shape index (κ1) is 16.3. The van der Waals surface area contributed by atoms with Gasteiger partial charge >= 0.3 is 5.51 Å². The van der Waals surface area contributed by atoms with Gasteiger partial charge in [-0.1, -0.05) is 19.1 Å². The summed E-state index contributed by atoms with van der Waals surface area (Å²) in [5, 5.41) is 6.33. The maximum absolute atomic E-state index is 12.2. The number of thiazole rings is 1. The van der Waals surface area contributed by atoms with E-state index in [9.17, 15) is 13.2 Å². The Hall–Kier alpha value is -1.05. The molecule has 0 spiro atoms. The van der Waals surface area contributed by atoms with Crippen LogP contribution < -0.4 is 5.32 Å². The number of hydrogen-bond donors (Lipinski definition) is 1. The number of benzene rings is 1. The van der Waals surface area contributed by atoms with Gasteiger partial charge in [-0.3, -0.25) is 0 Å². The third-order valence-corrected chi connectivity index (χ3v) is 4.56. The van der Waals surface area contributed by atoms with Crippen molar-refractivity contribution in [2.45, 2.75) is 29.8 Å². The van der Waals surface area contributed by atoms with Crippen molar-refractivity contribution in [3.05, 3.63) is 46.4 Å². The summed E-state index contributed by atoms with van der Waals surface area (Å²) in [6.07, 6.45) is 1.79. The van der Waals surface area contributed by atoms with Crippen LogP contribution >= 0.6 is 23.1 Å². The summed E-state index contributed by atoms with van der Waals surface area (Å²) >= 11 is 1.53. The predicted octanol–water partition coefficient (Wildman–Crippen LogP) is 4.65. The van der Waals surface area contributed by atoms with E-state index >= 15 is 0 Å². The molecule has 0 radical (unpaired) electrons. The lowest BCUT2D eigenvalue weighted by Gasteiger charge is -2.10. The van der Waals surface area contributed by atoms with E-state index in [2.05, 4.69) is 17.2 Å². The lowest BCUT2D eigenvalue weighted by molar-refractivity contribution is -0.0328. The van der Waals surface area contributed by atoms with Crippen molar-refractivity contribution >= 4 is 23.1 Å². The Morgan fingerprint density at radius 1 is 1.29 bits per heavy atom. The first-order chi connectivity index (χ1) is 9.94. The molecule has 7 heteroatoms. The molecule has 21 heavy (non-hydrogen) atoms. The Balaban J connectivity index is 1.78. The van der Waals surface area contributed by atoms with E-state index in [0.29, 0.717) is 12.5 Å². The van der Waals surface area contributed by atoms with Crippen LogP contribution in [-0.4, -0.2) is 17.0 Å². The van der Waals surface area contributed by atoms with Crippen LogP contribution in [0.15, 0.2) is 40.7 Å². The summed E-state index contributed by atoms with van der Waals surface area (Å²) in [6, 6.07) is 6.43. The minimum atomic E-state index is -4.23. The van der Waals surface area contributed by atoms with E-state index in [0.717, 1.165) is 17.1 Å². The van der Waals surface area contributed by atoms with E-state index in [-0.39, 0.29) is 16.7 Å². The van der Waals surface area contributed by atoms with Gasteiger partial charge in [-0.2, -0.15) is 13.2 Å². The molecule has 2 rings (SSSR count). The highest BCUT2D eigenvalue weighted by molar-refractivity contribution is 8.00. The van der Waals surface area contributed by atoms with Gasteiger partial charge in [0, 0.05) is 35.5 Å². The van der Waals surface area contributed by atoms with E-state index < -0.39 is 5.51 Å². The molecule has 0 aliphatic rings. The summed E-state index contributed by atoms with van der Waals surface area (Å²) in [6.45, 7) is 3.51. The predicted molar refractivity (Wildman–Crippen MR) is 80.6 cm³/mol. The molecule has 1 aromatic carbocycles. The average Bonchev–Trinajstić information content (AvgIpc) is 2.93. The molecule has 1 N–H and O–H groups in total. The van der Waals surface area contributed by atoms with Crippen LogP contribution in [0.1, 0.15) is 23.4 Å². The van der Waals surface area contributed by atoms with Crippen LogP contribution in [0.4, 0.5) is 13.2 Å². The summed E-state index contributed by atoms with van der Waals surface area (Å²) in [5.74, 6) is 0.324. The lowest BCUT2D eigenvalue weighted by atomic mass is 10.2. The quantitative estimate of drug-likeness (QED) is 0.780. The fourth-order valence-corrected chi connectivity index (χ4v) is 3.05. The second kappa shape index (κ2) is 7.29. The van der Waals surface area contributed by atoms with Crippen molar-refractivity contribution in [1.29, 1.82) is 0 Å². The van der Waals surface area contributed by atoms with E-state index in [1.165, 1.54) is 12.1 Å². The van der Waals surface area contributed by atoms with Gasteiger partial charge in [0.05, 0.1) is 5.01 Å². The number of rotatable bonds is 6. The van der Waals surface area contributed by atoms with Crippen molar-refractivity contribution in [2.75, 3.05) is 6.54 Å². The van der Waals surface area contributed by atoms with Crippen LogP contribution in [0.25, 0.3) is 0 Å². The Morgan fingerprint density at radius 2 is 2.00 bits per heavy atom. The van der Waals surface area contributed by atoms with E-state index in [4.69, 9.17) is 0 Å². The zero-order valence-corrected chi connectivity index (χ0v) is 13.0. The van der Waals surface area contributed by atoms with Gasteiger partial charge in [0.2, 0.25) is 0 Å². The Labute approximate surface area is 129 Å². The van der Waals surface area contributed by atoms with Gasteiger partial charge in [-0.25, -0.2) is 4.98 Å². The van der Waals surface area contributed by atoms with Crippen LogP contribution in [0.5, 0.6) is 0 Å². The molecule has 0 bridgehead atoms. The zero-order chi connectivity index (χ0) is 15.3. The number of thioether (sulfide) groups is 1. The van der Waals surface area contributed by atoms with Crippen molar-refractivity contribution in [3.63, 3.8) is 0 Å². The third-order valence-electron chi connectivity index (χ3n) is 2.81. The number of halogens is 3. The Bertz CT molecular complexity index is 538. The molecule has 1 aromatic heterocycles. The van der Waals surface area contributed by atoms with Crippen LogP contribution in [0.3, 0.4) is 0 Å². The van der Waals surface area contributed by atoms with Crippen LogP contribution in [-0.2, 0) is 6.54 Å². The Kier molecular flexibility index (Phi) is 5.66. The number of nitrogens with one attached hydrogen (secondary N) is 1. The highest BCUT2D eigenvalue weighted by Crippen LogP contribution is 2.36. The standard InChI is InChI=1S/C14H15F3N2S2/c1-10(13-19-6-7-20-13)8-18-9-11-2-4-12(5-3-11)21-14(15,16)17/h2-7,10,18H,8-9H2,1H3. The van der Waals surface area contributed by atoms with Gasteiger partial charge in [0.25, 0.3) is 0 Å². The topological polar surface area (TPSA) is 24.9 Å². The zero-order valence-electron chi connectivity index (χ0n) is 11.4. The highest BCUT2D eigenvalue weighted by atomic mass is 32.2. The minimum absolute atomic E-state index is 0.0908. The van der Waals surface area contributed by atoms with Gasteiger partial charge < -0.3 is 5.32 Å². The summed E-state index contributed by atoms with van der Waals surface area (Å²) in [4.78, 5) is 4.47. The number of nitrogens with zero attached hydrogens (tertiary/aromatic N) is 1. The van der Waals surface area contributed by atoms with Gasteiger partial charge in [0.15, 0.2) is 0 Å². The molecular weight excluding hydrogens is 317 g/mol. The first-order valence-electron chi connectivity index (χ1n) is 6.39. The van der Waals surface area contributed by atoms with Crippen molar-refractivity contribution in [1.82, 2.24) is 10.3 Å². The van der Waals surface area contributed by atoms with Gasteiger partial charge in [0.1, 0.15) is 0 Å². The summed E-state index contributed by atoms with van der Waals surface area (Å²) in [7, 11) is 0. The van der Waals surface area contributed by atoms with Crippen molar-refractivity contribution in [3.8, 4) is 0 Å². The molecule has 0 fully saturated rings. The largest absolute Gasteiger partial charge is 0.446 e. The molecule has 0 saturated carbocycles. The fourth-order valence-electron chi connectivity index (χ4n) is 1.81.